The van der Waals surface area contributed by atoms with Crippen LogP contribution < -0.4 is 46.9 Å². The van der Waals surface area contributed by atoms with Gasteiger partial charge in [0.2, 0.25) is 0 Å². The van der Waals surface area contributed by atoms with E-state index < -0.39 is 8.07 Å². The molecule has 0 unspecified atom stereocenters. The lowest BCUT2D eigenvalue weighted by atomic mass is 9.33. The van der Waals surface area contributed by atoms with Gasteiger partial charge in [0.25, 0.3) is 6.71 Å². The average molecular weight is 657 g/mol. The second kappa shape index (κ2) is 10.7. The van der Waals surface area contributed by atoms with Gasteiger partial charge in [-0.2, -0.15) is 0 Å². The Labute approximate surface area is 296 Å². The molecule has 0 spiro atoms. The van der Waals surface area contributed by atoms with Crippen molar-refractivity contribution >= 4 is 86.0 Å². The summed E-state index contributed by atoms with van der Waals surface area (Å²) < 4.78 is 0. The molecule has 0 aliphatic carbocycles. The molecule has 7 aromatic carbocycles. The van der Waals surface area contributed by atoms with Gasteiger partial charge >= 0.3 is 0 Å². The predicted molar refractivity (Wildman–Crippen MR) is 216 cm³/mol. The SMILES string of the molecule is CC(C)(C)c1cc2c3c(c1)N1c4ccccc4[Si](c4ccccc4)(c4ccccc4)c4cccc(c41)B3c1ccccc1N2c1ccccc1. The van der Waals surface area contributed by atoms with Gasteiger partial charge in [-0.15, -0.1) is 0 Å². The average Bonchev–Trinajstić information content (AvgIpc) is 3.16. The summed E-state index contributed by atoms with van der Waals surface area (Å²) in [7, 11) is -2.75. The van der Waals surface area contributed by atoms with Gasteiger partial charge in [-0.05, 0) is 84.5 Å². The third-order valence-electron chi connectivity index (χ3n) is 11.2. The third kappa shape index (κ3) is 3.91. The number of hydrogen-bond acceptors (Lipinski definition) is 2. The first-order valence-electron chi connectivity index (χ1n) is 17.7. The van der Waals surface area contributed by atoms with E-state index in [-0.39, 0.29) is 12.1 Å². The van der Waals surface area contributed by atoms with Crippen LogP contribution in [0.15, 0.2) is 170 Å². The first kappa shape index (κ1) is 29.3. The zero-order chi connectivity index (χ0) is 33.6. The molecule has 0 saturated heterocycles. The van der Waals surface area contributed by atoms with Gasteiger partial charge in [0.15, 0.2) is 8.07 Å². The molecule has 0 fully saturated rings. The van der Waals surface area contributed by atoms with E-state index in [9.17, 15) is 0 Å². The summed E-state index contributed by atoms with van der Waals surface area (Å²) in [6.07, 6.45) is 0. The molecule has 7 aromatic rings. The topological polar surface area (TPSA) is 6.48 Å². The molecular formula is C46H37BN2Si. The van der Waals surface area contributed by atoms with E-state index in [1.807, 2.05) is 0 Å². The number of para-hydroxylation sites is 4. The summed E-state index contributed by atoms with van der Waals surface area (Å²) in [6.45, 7) is 7.13. The lowest BCUT2D eigenvalue weighted by molar-refractivity contribution is 0.590. The molecule has 0 atom stereocenters. The molecule has 238 valence electrons. The minimum atomic E-state index is -2.75. The highest BCUT2D eigenvalue weighted by atomic mass is 28.3. The number of anilines is 6. The number of fused-ring (bicyclic) bond motifs is 6. The molecule has 3 aliphatic heterocycles. The molecule has 0 bridgehead atoms. The molecule has 3 heterocycles. The highest BCUT2D eigenvalue weighted by Crippen LogP contribution is 2.46. The van der Waals surface area contributed by atoms with Gasteiger partial charge in [-0.3, -0.25) is 0 Å². The van der Waals surface area contributed by atoms with Gasteiger partial charge in [-0.1, -0.05) is 154 Å². The lowest BCUT2D eigenvalue weighted by Crippen LogP contribution is -2.79. The molecule has 0 aromatic heterocycles. The van der Waals surface area contributed by atoms with Crippen molar-refractivity contribution in [3.8, 4) is 0 Å². The summed E-state index contributed by atoms with van der Waals surface area (Å²) >= 11 is 0. The number of benzene rings is 7. The second-order valence-electron chi connectivity index (χ2n) is 14.9. The van der Waals surface area contributed by atoms with Crippen molar-refractivity contribution in [3.63, 3.8) is 0 Å². The van der Waals surface area contributed by atoms with E-state index in [0.29, 0.717) is 0 Å². The van der Waals surface area contributed by atoms with E-state index in [4.69, 9.17) is 0 Å². The number of rotatable bonds is 3. The van der Waals surface area contributed by atoms with E-state index in [2.05, 4.69) is 200 Å². The van der Waals surface area contributed by atoms with E-state index >= 15 is 0 Å². The number of hydrogen-bond donors (Lipinski definition) is 0. The Kier molecular flexibility index (Phi) is 6.29. The van der Waals surface area contributed by atoms with Crippen LogP contribution >= 0.6 is 0 Å². The van der Waals surface area contributed by atoms with Crippen LogP contribution in [-0.2, 0) is 5.41 Å². The van der Waals surface area contributed by atoms with Gasteiger partial charge in [0.05, 0.1) is 0 Å². The lowest BCUT2D eigenvalue weighted by Gasteiger charge is -2.51. The van der Waals surface area contributed by atoms with Crippen molar-refractivity contribution in [2.45, 2.75) is 26.2 Å². The molecule has 0 N–H and O–H groups in total. The minimum absolute atomic E-state index is 0.0535. The maximum Gasteiger partial charge on any atom is 0.252 e. The first-order chi connectivity index (χ1) is 24.5. The van der Waals surface area contributed by atoms with Gasteiger partial charge in [0, 0.05) is 34.1 Å². The molecular weight excluding hydrogens is 619 g/mol. The van der Waals surface area contributed by atoms with E-state index in [1.54, 1.807) is 0 Å². The summed E-state index contributed by atoms with van der Waals surface area (Å²) in [5, 5.41) is 5.73. The van der Waals surface area contributed by atoms with Crippen molar-refractivity contribution < 1.29 is 0 Å². The number of nitrogens with zero attached hydrogens (tertiary/aromatic N) is 2. The zero-order valence-corrected chi connectivity index (χ0v) is 29.6. The van der Waals surface area contributed by atoms with E-state index in [0.717, 1.165) is 0 Å². The van der Waals surface area contributed by atoms with Gasteiger partial charge in [-0.25, -0.2) is 0 Å². The maximum atomic E-state index is 2.65. The van der Waals surface area contributed by atoms with Crippen LogP contribution in [0.5, 0.6) is 0 Å². The smallest absolute Gasteiger partial charge is 0.252 e. The molecule has 3 aliphatic rings. The Morgan fingerprint density at radius 2 is 0.980 bits per heavy atom. The Balaban J connectivity index is 1.38. The first-order valence-corrected chi connectivity index (χ1v) is 19.7. The fraction of sp³-hybridized carbons (Fsp3) is 0.0870. The molecule has 0 radical (unpaired) electrons. The van der Waals surface area contributed by atoms with Crippen molar-refractivity contribution in [2.24, 2.45) is 0 Å². The van der Waals surface area contributed by atoms with Gasteiger partial charge in [0.1, 0.15) is 0 Å². The van der Waals surface area contributed by atoms with Crippen molar-refractivity contribution in [1.82, 2.24) is 0 Å². The Bertz CT molecular complexity index is 2400. The van der Waals surface area contributed by atoms with Crippen LogP contribution in [0.4, 0.5) is 34.1 Å². The summed E-state index contributed by atoms with van der Waals surface area (Å²) in [5.74, 6) is 0. The van der Waals surface area contributed by atoms with Crippen LogP contribution in [0.2, 0.25) is 0 Å². The van der Waals surface area contributed by atoms with Crippen molar-refractivity contribution in [2.75, 3.05) is 9.80 Å². The summed E-state index contributed by atoms with van der Waals surface area (Å²) in [6, 6.07) is 64.3. The molecule has 50 heavy (non-hydrogen) atoms. The zero-order valence-electron chi connectivity index (χ0n) is 28.6. The van der Waals surface area contributed by atoms with Crippen LogP contribution in [0, 0.1) is 0 Å². The third-order valence-corrected chi connectivity index (χ3v) is 16.1. The Morgan fingerprint density at radius 1 is 0.460 bits per heavy atom. The van der Waals surface area contributed by atoms with Gasteiger partial charge < -0.3 is 9.80 Å². The molecule has 2 nitrogen and oxygen atoms in total. The Morgan fingerprint density at radius 3 is 1.64 bits per heavy atom. The van der Waals surface area contributed by atoms with Crippen LogP contribution in [0.25, 0.3) is 0 Å². The normalized spacial score (nSPS) is 14.7. The summed E-state index contributed by atoms with van der Waals surface area (Å²) in [4.78, 5) is 5.16. The second-order valence-corrected chi connectivity index (χ2v) is 18.7. The minimum Gasteiger partial charge on any atom is -0.312 e. The van der Waals surface area contributed by atoms with E-state index in [1.165, 1.54) is 76.8 Å². The van der Waals surface area contributed by atoms with Crippen LogP contribution in [-0.4, -0.2) is 14.8 Å². The monoisotopic (exact) mass is 656 g/mol. The van der Waals surface area contributed by atoms with Crippen LogP contribution in [0.3, 0.4) is 0 Å². The molecule has 10 rings (SSSR count). The largest absolute Gasteiger partial charge is 0.312 e. The standard InChI is InChI=1S/C46H37BN2Si/c1-46(2,3)32-30-40-44-41(31-32)49-39-27-15-16-28-42(39)50(34-20-9-5-10-21-34,35-22-11-6-12-23-35)43-29-17-25-37(45(43)49)47(44)36-24-13-14-26-38(36)48(40)33-18-7-4-8-19-33/h4-31H,1-3H3. The maximum absolute atomic E-state index is 2.75. The van der Waals surface area contributed by atoms with Crippen molar-refractivity contribution in [1.29, 1.82) is 0 Å². The highest BCUT2D eigenvalue weighted by molar-refractivity contribution is 7.22. The van der Waals surface area contributed by atoms with Crippen LogP contribution in [0.1, 0.15) is 26.3 Å². The Hall–Kier alpha value is -5.58. The van der Waals surface area contributed by atoms with Crippen molar-refractivity contribution in [3.05, 3.63) is 175 Å². The quantitative estimate of drug-likeness (QED) is 0.194. The highest BCUT2D eigenvalue weighted by Gasteiger charge is 2.53. The fourth-order valence-electron chi connectivity index (χ4n) is 9.13. The molecule has 0 amide bonds. The molecule has 4 heteroatoms. The fourth-order valence-corrected chi connectivity index (χ4v) is 14.3. The predicted octanol–water partition coefficient (Wildman–Crippen LogP) is 6.76. The summed E-state index contributed by atoms with van der Waals surface area (Å²) in [5.41, 5.74) is 13.1. The molecule has 0 saturated carbocycles.